The number of carboxylic acid groups (broad SMARTS) is 1. The Labute approximate surface area is 247 Å². The van der Waals surface area contributed by atoms with E-state index in [1.54, 1.807) is 12.1 Å². The van der Waals surface area contributed by atoms with Crippen molar-refractivity contribution in [3.63, 3.8) is 0 Å². The van der Waals surface area contributed by atoms with Crippen LogP contribution in [0.15, 0.2) is 144 Å². The van der Waals surface area contributed by atoms with Crippen LogP contribution in [0.2, 0.25) is 0 Å². The highest BCUT2D eigenvalue weighted by Gasteiger charge is 2.46. The van der Waals surface area contributed by atoms with E-state index in [-0.39, 0.29) is 5.56 Å². The van der Waals surface area contributed by atoms with Gasteiger partial charge in [-0.25, -0.2) is 18.8 Å². The number of hydrogen-bond acceptors (Lipinski definition) is 3. The minimum atomic E-state index is -3.49. The van der Waals surface area contributed by atoms with Crippen LogP contribution < -0.4 is 0 Å². The van der Waals surface area contributed by atoms with Crippen LogP contribution in [0.5, 0.6) is 0 Å². The van der Waals surface area contributed by atoms with Gasteiger partial charge in [0.1, 0.15) is 0 Å². The number of methoxy groups -OCH3 is 1. The van der Waals surface area contributed by atoms with Gasteiger partial charge in [-0.15, -0.1) is 0 Å². The summed E-state index contributed by atoms with van der Waals surface area (Å²) in [6, 6.07) is 46.4. The number of thiol groups is 1. The average Bonchev–Trinajstić information content (AvgIpc) is 3.02. The van der Waals surface area contributed by atoms with Crippen molar-refractivity contribution in [3.05, 3.63) is 173 Å². The normalized spacial score (nSPS) is 12.2. The molecule has 5 aromatic rings. The van der Waals surface area contributed by atoms with Crippen molar-refractivity contribution >= 4 is 21.1 Å². The smallest absolute Gasteiger partial charge is 0.338 e. The quantitative estimate of drug-likeness (QED) is 0.122. The highest BCUT2D eigenvalue weighted by molar-refractivity contribution is 8.47. The van der Waals surface area contributed by atoms with Gasteiger partial charge in [0.25, 0.3) is 0 Å². The largest absolute Gasteiger partial charge is 0.478 e. The number of benzene rings is 5. The summed E-state index contributed by atoms with van der Waals surface area (Å²) < 4.78 is 5.35. The van der Waals surface area contributed by atoms with E-state index in [9.17, 15) is 14.7 Å². The Hall–Kier alpha value is -4.61. The van der Waals surface area contributed by atoms with Crippen LogP contribution in [-0.4, -0.2) is 24.2 Å². The zero-order valence-corrected chi connectivity index (χ0v) is 24.6. The minimum absolute atomic E-state index is 0.161. The lowest BCUT2D eigenvalue weighted by Crippen LogP contribution is -2.31. The molecule has 0 unspecified atom stereocenters. The van der Waals surface area contributed by atoms with Gasteiger partial charge < -0.3 is 9.84 Å². The molecule has 4 nitrogen and oxygen atoms in total. The van der Waals surface area contributed by atoms with E-state index in [2.05, 4.69) is 48.5 Å². The Morgan fingerprint density at radius 3 is 1.24 bits per heavy atom. The van der Waals surface area contributed by atoms with Gasteiger partial charge in [-0.3, -0.25) is 0 Å². The third-order valence-corrected chi connectivity index (χ3v) is 14.6. The van der Waals surface area contributed by atoms with Crippen molar-refractivity contribution < 1.29 is 19.4 Å². The Balaban J connectivity index is 1.96. The van der Waals surface area contributed by atoms with Gasteiger partial charge in [0.05, 0.1) is 18.2 Å². The Bertz CT molecular complexity index is 1470. The molecule has 0 heterocycles. The molecule has 5 heteroatoms. The van der Waals surface area contributed by atoms with E-state index in [0.717, 1.165) is 27.1 Å². The van der Waals surface area contributed by atoms with Crippen LogP contribution >= 0.6 is 9.16 Å². The third-order valence-electron chi connectivity index (χ3n) is 8.09. The van der Waals surface area contributed by atoms with Crippen molar-refractivity contribution in [2.45, 2.75) is 27.9 Å². The lowest BCUT2D eigenvalue weighted by atomic mass is 10.1. The number of carboxylic acids is 1. The number of aromatic carboxylic acids is 1. The standard InChI is InChI=1S/C37H36O4S/c1-41-37(40)34-23-22-33(36(38)39)24-35(34)42(25-29-14-6-2-7-15-29,26-30-16-8-3-9-17-30,27-31-18-10-4-11-19-31)28-32-20-12-5-13-21-32/h2-24,42H,25-28H2,1H3,(H,38,39). The number of hydrogen-bond donors (Lipinski definition) is 2. The molecule has 5 aromatic carbocycles. The lowest BCUT2D eigenvalue weighted by molar-refractivity contribution is 0.0594. The molecule has 1 N–H and O–H groups in total. The molecule has 214 valence electrons. The first-order valence-corrected chi connectivity index (χ1v) is 17.0. The van der Waals surface area contributed by atoms with E-state index in [0.29, 0.717) is 28.6 Å². The van der Waals surface area contributed by atoms with Crippen molar-refractivity contribution in [1.82, 2.24) is 0 Å². The zero-order valence-electron chi connectivity index (χ0n) is 23.7. The summed E-state index contributed by atoms with van der Waals surface area (Å²) in [4.78, 5) is 26.8. The summed E-state index contributed by atoms with van der Waals surface area (Å²) in [6.45, 7) is 0. The maximum Gasteiger partial charge on any atom is 0.338 e. The number of ether oxygens (including phenoxy) is 1. The average molecular weight is 577 g/mol. The van der Waals surface area contributed by atoms with Crippen LogP contribution in [0.1, 0.15) is 43.0 Å². The van der Waals surface area contributed by atoms with E-state index in [1.807, 2.05) is 72.8 Å². The lowest BCUT2D eigenvalue weighted by Gasteiger charge is -2.63. The highest BCUT2D eigenvalue weighted by Crippen LogP contribution is 2.83. The molecule has 0 aliphatic rings. The summed E-state index contributed by atoms with van der Waals surface area (Å²) >= 11 is 0. The van der Waals surface area contributed by atoms with E-state index in [4.69, 9.17) is 4.74 Å². The first kappa shape index (κ1) is 28.9. The summed E-state index contributed by atoms with van der Waals surface area (Å²) in [5, 5.41) is 10.2. The fourth-order valence-corrected chi connectivity index (χ4v) is 13.8. The number of carbonyl (C=O) groups excluding carboxylic acids is 1. The Kier molecular flexibility index (Phi) is 8.60. The molecule has 0 saturated carbocycles. The van der Waals surface area contributed by atoms with Crippen LogP contribution in [0.3, 0.4) is 0 Å². The van der Waals surface area contributed by atoms with Gasteiger partial charge in [-0.2, -0.15) is 0 Å². The first-order valence-electron chi connectivity index (χ1n) is 14.0. The molecule has 0 fully saturated rings. The monoisotopic (exact) mass is 576 g/mol. The summed E-state index contributed by atoms with van der Waals surface area (Å²) in [6.07, 6.45) is 0. The first-order chi connectivity index (χ1) is 20.4. The molecule has 0 aliphatic carbocycles. The summed E-state index contributed by atoms with van der Waals surface area (Å²) in [5.41, 5.74) is 5.18. The van der Waals surface area contributed by atoms with Gasteiger partial charge in [-0.05, 0) is 68.4 Å². The van der Waals surface area contributed by atoms with E-state index < -0.39 is 21.1 Å². The SMILES string of the molecule is COC(=O)c1ccc(C(=O)O)cc1[SH](Cc1ccccc1)(Cc1ccccc1)(Cc1ccccc1)Cc1ccccc1. The third kappa shape index (κ3) is 6.17. The molecule has 0 amide bonds. The van der Waals surface area contributed by atoms with E-state index in [1.165, 1.54) is 13.2 Å². The highest BCUT2D eigenvalue weighted by atomic mass is 32.3. The summed E-state index contributed by atoms with van der Waals surface area (Å²) in [7, 11) is -2.10. The molecular formula is C37H36O4S. The van der Waals surface area contributed by atoms with Crippen molar-refractivity contribution in [3.8, 4) is 0 Å². The fourth-order valence-electron chi connectivity index (χ4n) is 6.39. The van der Waals surface area contributed by atoms with Gasteiger partial charge >= 0.3 is 11.9 Å². The van der Waals surface area contributed by atoms with E-state index >= 15 is 0 Å². The predicted molar refractivity (Wildman–Crippen MR) is 173 cm³/mol. The molecular weight excluding hydrogens is 540 g/mol. The second-order valence-corrected chi connectivity index (χ2v) is 16.8. The van der Waals surface area contributed by atoms with Crippen LogP contribution in [0.25, 0.3) is 0 Å². The van der Waals surface area contributed by atoms with Gasteiger partial charge in [-0.1, -0.05) is 121 Å². The molecule has 0 radical (unpaired) electrons. The Morgan fingerprint density at radius 1 is 0.571 bits per heavy atom. The number of carbonyl (C=O) groups is 2. The second kappa shape index (κ2) is 12.5. The number of rotatable bonds is 11. The Morgan fingerprint density at radius 2 is 0.929 bits per heavy atom. The maximum absolute atomic E-state index is 13.6. The number of esters is 1. The molecule has 0 bridgehead atoms. The molecule has 0 saturated heterocycles. The summed E-state index contributed by atoms with van der Waals surface area (Å²) in [5.74, 6) is 1.23. The van der Waals surface area contributed by atoms with Crippen molar-refractivity contribution in [2.24, 2.45) is 0 Å². The van der Waals surface area contributed by atoms with Crippen LogP contribution in [0, 0.1) is 0 Å². The van der Waals surface area contributed by atoms with Crippen LogP contribution in [0.4, 0.5) is 0 Å². The molecule has 0 spiro atoms. The molecule has 0 atom stereocenters. The van der Waals surface area contributed by atoms with Crippen LogP contribution in [-0.2, 0) is 27.7 Å². The minimum Gasteiger partial charge on any atom is -0.478 e. The molecule has 0 aromatic heterocycles. The maximum atomic E-state index is 13.6. The van der Waals surface area contributed by atoms with Gasteiger partial charge in [0.2, 0.25) is 0 Å². The van der Waals surface area contributed by atoms with Gasteiger partial charge in [0, 0.05) is 0 Å². The van der Waals surface area contributed by atoms with Crippen molar-refractivity contribution in [1.29, 1.82) is 0 Å². The molecule has 5 rings (SSSR count). The fraction of sp³-hybridized carbons (Fsp3) is 0.135. The predicted octanol–water partition coefficient (Wildman–Crippen LogP) is 8.40. The molecule has 0 aliphatic heterocycles. The molecule has 42 heavy (non-hydrogen) atoms. The van der Waals surface area contributed by atoms with Crippen molar-refractivity contribution in [2.75, 3.05) is 7.11 Å². The second-order valence-electron chi connectivity index (χ2n) is 11.1. The van der Waals surface area contributed by atoms with Gasteiger partial charge in [0.15, 0.2) is 0 Å². The topological polar surface area (TPSA) is 63.6 Å². The zero-order chi connectivity index (χ0) is 29.4.